The number of benzene rings is 2. The first-order valence-electron chi connectivity index (χ1n) is 3.86. The van der Waals surface area contributed by atoms with E-state index in [2.05, 4.69) is 15.9 Å². The predicted octanol–water partition coefficient (Wildman–Crippen LogP) is 2.89. The maximum atomic E-state index is 9.59. The van der Waals surface area contributed by atoms with Gasteiger partial charge in [0.2, 0.25) is 0 Å². The van der Waals surface area contributed by atoms with Gasteiger partial charge in [-0.2, -0.15) is 0 Å². The average molecular weight is 238 g/mol. The lowest BCUT2D eigenvalue weighted by atomic mass is 10.1. The van der Waals surface area contributed by atoms with E-state index in [9.17, 15) is 5.11 Å². The molecule has 3 N–H and O–H groups in total. The Balaban J connectivity index is 2.97. The van der Waals surface area contributed by atoms with Crippen LogP contribution in [0.2, 0.25) is 0 Å². The second kappa shape index (κ2) is 2.92. The topological polar surface area (TPSA) is 46.2 Å². The van der Waals surface area contributed by atoms with Crippen LogP contribution in [-0.4, -0.2) is 5.11 Å². The third kappa shape index (κ3) is 1.25. The summed E-state index contributed by atoms with van der Waals surface area (Å²) in [6.07, 6.45) is 0. The van der Waals surface area contributed by atoms with Crippen molar-refractivity contribution in [2.75, 3.05) is 5.73 Å². The average Bonchev–Trinajstić information content (AvgIpc) is 2.15. The molecule has 0 heterocycles. The Hall–Kier alpha value is -1.22. The molecule has 2 aromatic rings. The minimum Gasteiger partial charge on any atom is -0.507 e. The molecular weight excluding hydrogens is 230 g/mol. The van der Waals surface area contributed by atoms with Crippen LogP contribution < -0.4 is 5.73 Å². The minimum absolute atomic E-state index is 0.247. The molecule has 3 heteroatoms. The molecule has 2 rings (SSSR count). The second-order valence-corrected chi connectivity index (χ2v) is 3.69. The molecule has 0 bridgehead atoms. The Morgan fingerprint density at radius 3 is 2.46 bits per heavy atom. The highest BCUT2D eigenvalue weighted by Crippen LogP contribution is 2.35. The SMILES string of the molecule is Nc1c(Br)cc(O)c2ccccc12. The first-order valence-corrected chi connectivity index (χ1v) is 4.65. The summed E-state index contributed by atoms with van der Waals surface area (Å²) >= 11 is 3.28. The van der Waals surface area contributed by atoms with Gasteiger partial charge in [-0.3, -0.25) is 0 Å². The van der Waals surface area contributed by atoms with E-state index in [-0.39, 0.29) is 5.75 Å². The largest absolute Gasteiger partial charge is 0.507 e. The lowest BCUT2D eigenvalue weighted by Gasteiger charge is -2.05. The highest BCUT2D eigenvalue weighted by Gasteiger charge is 2.05. The molecule has 0 atom stereocenters. The summed E-state index contributed by atoms with van der Waals surface area (Å²) in [5, 5.41) is 11.2. The van der Waals surface area contributed by atoms with Crippen LogP contribution in [0, 0.1) is 0 Å². The van der Waals surface area contributed by atoms with Gasteiger partial charge in [-0.1, -0.05) is 24.3 Å². The van der Waals surface area contributed by atoms with E-state index in [1.54, 1.807) is 6.07 Å². The van der Waals surface area contributed by atoms with Gasteiger partial charge in [0.1, 0.15) is 5.75 Å². The highest BCUT2D eigenvalue weighted by molar-refractivity contribution is 9.10. The maximum Gasteiger partial charge on any atom is 0.124 e. The van der Waals surface area contributed by atoms with Crippen LogP contribution in [0.15, 0.2) is 34.8 Å². The van der Waals surface area contributed by atoms with Gasteiger partial charge >= 0.3 is 0 Å². The zero-order chi connectivity index (χ0) is 9.42. The van der Waals surface area contributed by atoms with E-state index in [0.29, 0.717) is 5.69 Å². The third-order valence-electron chi connectivity index (χ3n) is 2.01. The van der Waals surface area contributed by atoms with Gasteiger partial charge in [0.15, 0.2) is 0 Å². The fourth-order valence-corrected chi connectivity index (χ4v) is 1.78. The smallest absolute Gasteiger partial charge is 0.124 e. The van der Waals surface area contributed by atoms with Crippen LogP contribution in [-0.2, 0) is 0 Å². The molecule has 0 aliphatic rings. The molecule has 0 saturated heterocycles. The number of hydrogen-bond donors (Lipinski definition) is 2. The number of hydrogen-bond acceptors (Lipinski definition) is 2. The van der Waals surface area contributed by atoms with Crippen molar-refractivity contribution in [3.63, 3.8) is 0 Å². The zero-order valence-corrected chi connectivity index (χ0v) is 8.38. The molecule has 0 fully saturated rings. The number of nitrogens with two attached hydrogens (primary N) is 1. The van der Waals surface area contributed by atoms with E-state index in [1.165, 1.54) is 0 Å². The number of halogens is 1. The van der Waals surface area contributed by atoms with E-state index in [0.717, 1.165) is 15.2 Å². The minimum atomic E-state index is 0.247. The normalized spacial score (nSPS) is 10.5. The van der Waals surface area contributed by atoms with Gasteiger partial charge in [-0.05, 0) is 22.0 Å². The van der Waals surface area contributed by atoms with Gasteiger partial charge in [-0.25, -0.2) is 0 Å². The van der Waals surface area contributed by atoms with Crippen molar-refractivity contribution < 1.29 is 5.11 Å². The molecule has 0 amide bonds. The van der Waals surface area contributed by atoms with Gasteiger partial charge in [0, 0.05) is 15.2 Å². The molecule has 0 radical (unpaired) electrons. The molecule has 0 aliphatic carbocycles. The summed E-state index contributed by atoms with van der Waals surface area (Å²) in [5.74, 6) is 0.247. The van der Waals surface area contributed by atoms with E-state index in [1.807, 2.05) is 24.3 Å². The predicted molar refractivity (Wildman–Crippen MR) is 57.7 cm³/mol. The molecule has 2 nitrogen and oxygen atoms in total. The molecule has 0 spiro atoms. The molecule has 66 valence electrons. The quantitative estimate of drug-likeness (QED) is 0.547. The summed E-state index contributed by atoms with van der Waals surface area (Å²) in [5.41, 5.74) is 6.49. The van der Waals surface area contributed by atoms with Crippen molar-refractivity contribution in [3.8, 4) is 5.75 Å². The summed E-state index contributed by atoms with van der Waals surface area (Å²) < 4.78 is 0.726. The van der Waals surface area contributed by atoms with Crippen molar-refractivity contribution in [1.82, 2.24) is 0 Å². The number of rotatable bonds is 0. The summed E-state index contributed by atoms with van der Waals surface area (Å²) in [7, 11) is 0. The standard InChI is InChI=1S/C10H8BrNO/c11-8-5-9(13)6-3-1-2-4-7(6)10(8)12/h1-5,13H,12H2. The lowest BCUT2D eigenvalue weighted by molar-refractivity contribution is 0.481. The first-order chi connectivity index (χ1) is 6.20. The van der Waals surface area contributed by atoms with E-state index >= 15 is 0 Å². The number of phenolic OH excluding ortho intramolecular Hbond substituents is 1. The monoisotopic (exact) mass is 237 g/mol. The summed E-state index contributed by atoms with van der Waals surface area (Å²) in [6, 6.07) is 9.10. The molecule has 2 aromatic carbocycles. The van der Waals surface area contributed by atoms with E-state index in [4.69, 9.17) is 5.73 Å². The van der Waals surface area contributed by atoms with E-state index < -0.39 is 0 Å². The molecule has 13 heavy (non-hydrogen) atoms. The van der Waals surface area contributed by atoms with Crippen molar-refractivity contribution >= 4 is 32.4 Å². The van der Waals surface area contributed by atoms with Crippen molar-refractivity contribution in [1.29, 1.82) is 0 Å². The molecule has 0 saturated carbocycles. The Bertz CT molecular complexity index is 468. The van der Waals surface area contributed by atoms with Crippen molar-refractivity contribution in [2.45, 2.75) is 0 Å². The highest BCUT2D eigenvalue weighted by atomic mass is 79.9. The Morgan fingerprint density at radius 2 is 1.77 bits per heavy atom. The number of aromatic hydroxyl groups is 1. The fraction of sp³-hybridized carbons (Fsp3) is 0. The number of phenols is 1. The van der Waals surface area contributed by atoms with Crippen LogP contribution >= 0.6 is 15.9 Å². The van der Waals surface area contributed by atoms with Gasteiger partial charge in [0.05, 0.1) is 5.69 Å². The van der Waals surface area contributed by atoms with Crippen LogP contribution in [0.25, 0.3) is 10.8 Å². The van der Waals surface area contributed by atoms with Crippen LogP contribution in [0.4, 0.5) is 5.69 Å². The maximum absolute atomic E-state index is 9.59. The number of fused-ring (bicyclic) bond motifs is 1. The molecule has 0 aliphatic heterocycles. The van der Waals surface area contributed by atoms with Crippen molar-refractivity contribution in [3.05, 3.63) is 34.8 Å². The summed E-state index contributed by atoms with van der Waals surface area (Å²) in [4.78, 5) is 0. The van der Waals surface area contributed by atoms with Crippen molar-refractivity contribution in [2.24, 2.45) is 0 Å². The molecule has 0 unspecified atom stereocenters. The number of nitrogen functional groups attached to an aromatic ring is 1. The van der Waals surface area contributed by atoms with Crippen LogP contribution in [0.3, 0.4) is 0 Å². The van der Waals surface area contributed by atoms with Crippen LogP contribution in [0.1, 0.15) is 0 Å². The van der Waals surface area contributed by atoms with Gasteiger partial charge in [-0.15, -0.1) is 0 Å². The molecular formula is C10H8BrNO. The van der Waals surface area contributed by atoms with Gasteiger partial charge < -0.3 is 10.8 Å². The Morgan fingerprint density at radius 1 is 1.15 bits per heavy atom. The van der Waals surface area contributed by atoms with Gasteiger partial charge in [0.25, 0.3) is 0 Å². The molecule has 0 aromatic heterocycles. The Labute approximate surface area is 84.1 Å². The number of anilines is 1. The third-order valence-corrected chi connectivity index (χ3v) is 2.67. The zero-order valence-electron chi connectivity index (χ0n) is 6.79. The summed E-state index contributed by atoms with van der Waals surface area (Å²) in [6.45, 7) is 0. The second-order valence-electron chi connectivity index (χ2n) is 2.84. The lowest BCUT2D eigenvalue weighted by Crippen LogP contribution is -1.88. The van der Waals surface area contributed by atoms with Crippen LogP contribution in [0.5, 0.6) is 5.75 Å². The Kier molecular flexibility index (Phi) is 1.88. The first kappa shape index (κ1) is 8.38. The fourth-order valence-electron chi connectivity index (χ4n) is 1.35.